The fraction of sp³-hybridized carbons (Fsp3) is 0.0833. The van der Waals surface area contributed by atoms with Gasteiger partial charge in [-0.25, -0.2) is 4.98 Å². The first-order chi connectivity index (χ1) is 7.84. The Morgan fingerprint density at radius 2 is 2.19 bits per heavy atom. The number of hydrogen-bond donors (Lipinski definition) is 1. The second-order valence-corrected chi connectivity index (χ2v) is 3.64. The fourth-order valence-corrected chi connectivity index (χ4v) is 1.83. The molecule has 3 heterocycles. The maximum Gasteiger partial charge on any atom is 0.122 e. The molecule has 3 aromatic heterocycles. The Labute approximate surface area is 92.3 Å². The minimum Gasteiger partial charge on any atom is -0.469 e. The van der Waals surface area contributed by atoms with Gasteiger partial charge in [0.05, 0.1) is 24.4 Å². The number of rotatable bonds is 2. The SMILES string of the molecule is Nc1cccc2cnc(Cc3ccco3)n12. The molecule has 80 valence electrons. The zero-order chi connectivity index (χ0) is 11.0. The van der Waals surface area contributed by atoms with Crippen molar-refractivity contribution in [1.29, 1.82) is 0 Å². The van der Waals surface area contributed by atoms with Crippen LogP contribution in [0.5, 0.6) is 0 Å². The van der Waals surface area contributed by atoms with Crippen LogP contribution in [0.25, 0.3) is 5.52 Å². The molecule has 0 aromatic carbocycles. The molecule has 0 fully saturated rings. The van der Waals surface area contributed by atoms with Gasteiger partial charge in [-0.3, -0.25) is 4.40 Å². The number of hydrogen-bond acceptors (Lipinski definition) is 3. The summed E-state index contributed by atoms with van der Waals surface area (Å²) in [5.74, 6) is 2.47. The normalized spacial score (nSPS) is 11.0. The Morgan fingerprint density at radius 1 is 1.25 bits per heavy atom. The number of aromatic nitrogens is 2. The van der Waals surface area contributed by atoms with E-state index in [9.17, 15) is 0 Å². The van der Waals surface area contributed by atoms with E-state index in [0.29, 0.717) is 12.2 Å². The number of imidazole rings is 1. The Bertz CT molecular complexity index is 610. The number of fused-ring (bicyclic) bond motifs is 1. The molecule has 4 nitrogen and oxygen atoms in total. The predicted octanol–water partition coefficient (Wildman–Crippen LogP) is 2.10. The number of furan rings is 1. The van der Waals surface area contributed by atoms with Crippen LogP contribution in [-0.4, -0.2) is 9.38 Å². The molecule has 0 unspecified atom stereocenters. The molecule has 3 rings (SSSR count). The molecule has 2 N–H and O–H groups in total. The van der Waals surface area contributed by atoms with Crippen molar-refractivity contribution in [2.45, 2.75) is 6.42 Å². The van der Waals surface area contributed by atoms with Gasteiger partial charge in [-0.2, -0.15) is 0 Å². The summed E-state index contributed by atoms with van der Waals surface area (Å²) in [4.78, 5) is 4.35. The van der Waals surface area contributed by atoms with E-state index in [1.54, 1.807) is 6.26 Å². The third kappa shape index (κ3) is 1.35. The van der Waals surface area contributed by atoms with E-state index in [-0.39, 0.29) is 0 Å². The van der Waals surface area contributed by atoms with Crippen LogP contribution in [-0.2, 0) is 6.42 Å². The van der Waals surface area contributed by atoms with Crippen LogP contribution in [0, 0.1) is 0 Å². The van der Waals surface area contributed by atoms with Gasteiger partial charge in [0.25, 0.3) is 0 Å². The van der Waals surface area contributed by atoms with Gasteiger partial charge in [0.2, 0.25) is 0 Å². The molecule has 0 aliphatic rings. The van der Waals surface area contributed by atoms with E-state index < -0.39 is 0 Å². The van der Waals surface area contributed by atoms with Crippen molar-refractivity contribution in [3.05, 3.63) is 54.4 Å². The van der Waals surface area contributed by atoms with Gasteiger partial charge in [0, 0.05) is 0 Å². The van der Waals surface area contributed by atoms with Crippen molar-refractivity contribution in [2.75, 3.05) is 5.73 Å². The van der Waals surface area contributed by atoms with Crippen molar-refractivity contribution in [1.82, 2.24) is 9.38 Å². The average Bonchev–Trinajstić information content (AvgIpc) is 2.90. The highest BCUT2D eigenvalue weighted by molar-refractivity contribution is 5.53. The summed E-state index contributed by atoms with van der Waals surface area (Å²) in [5, 5.41) is 0. The highest BCUT2D eigenvalue weighted by atomic mass is 16.3. The van der Waals surface area contributed by atoms with E-state index in [4.69, 9.17) is 10.2 Å². The molecule has 0 amide bonds. The Balaban J connectivity index is 2.10. The first-order valence-electron chi connectivity index (χ1n) is 5.08. The van der Waals surface area contributed by atoms with Gasteiger partial charge in [0.15, 0.2) is 0 Å². The third-order valence-electron chi connectivity index (χ3n) is 2.57. The van der Waals surface area contributed by atoms with Gasteiger partial charge in [-0.1, -0.05) is 6.07 Å². The fourth-order valence-electron chi connectivity index (χ4n) is 1.83. The van der Waals surface area contributed by atoms with Crippen LogP contribution in [0.3, 0.4) is 0 Å². The van der Waals surface area contributed by atoms with Crippen molar-refractivity contribution < 1.29 is 4.42 Å². The van der Waals surface area contributed by atoms with E-state index in [1.807, 2.05) is 40.9 Å². The van der Waals surface area contributed by atoms with Crippen LogP contribution < -0.4 is 5.73 Å². The molecule has 0 aliphatic carbocycles. The highest BCUT2D eigenvalue weighted by Gasteiger charge is 2.07. The zero-order valence-electron chi connectivity index (χ0n) is 8.63. The lowest BCUT2D eigenvalue weighted by molar-refractivity contribution is 0.517. The summed E-state index contributed by atoms with van der Waals surface area (Å²) in [6.07, 6.45) is 4.12. The van der Waals surface area contributed by atoms with Crippen LogP contribution in [0.2, 0.25) is 0 Å². The monoisotopic (exact) mass is 213 g/mol. The lowest BCUT2D eigenvalue weighted by atomic mass is 10.3. The van der Waals surface area contributed by atoms with Crippen molar-refractivity contribution in [3.63, 3.8) is 0 Å². The molecule has 0 spiro atoms. The Hall–Kier alpha value is -2.23. The summed E-state index contributed by atoms with van der Waals surface area (Å²) < 4.78 is 7.23. The number of pyridine rings is 1. The molecular weight excluding hydrogens is 202 g/mol. The minimum absolute atomic E-state index is 0.648. The maximum atomic E-state index is 5.92. The van der Waals surface area contributed by atoms with E-state index in [1.165, 1.54) is 0 Å². The molecule has 0 bridgehead atoms. The number of nitrogen functional groups attached to an aromatic ring is 1. The minimum atomic E-state index is 0.648. The van der Waals surface area contributed by atoms with Gasteiger partial charge in [-0.15, -0.1) is 0 Å². The predicted molar refractivity (Wildman–Crippen MR) is 61.1 cm³/mol. The van der Waals surface area contributed by atoms with Crippen molar-refractivity contribution in [3.8, 4) is 0 Å². The summed E-state index contributed by atoms with van der Waals surface area (Å²) in [7, 11) is 0. The van der Waals surface area contributed by atoms with Gasteiger partial charge >= 0.3 is 0 Å². The maximum absolute atomic E-state index is 5.92. The quantitative estimate of drug-likeness (QED) is 0.709. The molecule has 3 aromatic rings. The number of nitrogens with two attached hydrogens (primary N) is 1. The average molecular weight is 213 g/mol. The second kappa shape index (κ2) is 3.41. The number of anilines is 1. The third-order valence-corrected chi connectivity index (χ3v) is 2.57. The zero-order valence-corrected chi connectivity index (χ0v) is 8.63. The molecule has 16 heavy (non-hydrogen) atoms. The molecule has 0 radical (unpaired) electrons. The Morgan fingerprint density at radius 3 is 3.00 bits per heavy atom. The molecule has 0 aliphatic heterocycles. The van der Waals surface area contributed by atoms with Crippen LogP contribution >= 0.6 is 0 Å². The summed E-state index contributed by atoms with van der Waals surface area (Å²) in [6.45, 7) is 0. The molecule has 0 atom stereocenters. The smallest absolute Gasteiger partial charge is 0.122 e. The van der Waals surface area contributed by atoms with E-state index in [2.05, 4.69) is 4.98 Å². The molecule has 0 saturated carbocycles. The topological polar surface area (TPSA) is 56.5 Å². The van der Waals surface area contributed by atoms with Gasteiger partial charge in [0.1, 0.15) is 17.4 Å². The summed E-state index contributed by atoms with van der Waals surface area (Å²) in [6, 6.07) is 9.56. The van der Waals surface area contributed by atoms with Gasteiger partial charge in [-0.05, 0) is 24.3 Å². The highest BCUT2D eigenvalue weighted by Crippen LogP contribution is 2.15. The van der Waals surface area contributed by atoms with Crippen LogP contribution in [0.4, 0.5) is 5.82 Å². The number of nitrogens with zero attached hydrogens (tertiary/aromatic N) is 2. The lowest BCUT2D eigenvalue weighted by Crippen LogP contribution is -2.01. The molecular formula is C12H11N3O. The summed E-state index contributed by atoms with van der Waals surface area (Å²) >= 11 is 0. The first-order valence-corrected chi connectivity index (χ1v) is 5.08. The van der Waals surface area contributed by atoms with Gasteiger partial charge < -0.3 is 10.2 Å². The largest absolute Gasteiger partial charge is 0.469 e. The van der Waals surface area contributed by atoms with Crippen molar-refractivity contribution in [2.24, 2.45) is 0 Å². The molecule has 4 heteroatoms. The van der Waals surface area contributed by atoms with Crippen LogP contribution in [0.15, 0.2) is 47.2 Å². The summed E-state index contributed by atoms with van der Waals surface area (Å²) in [5.41, 5.74) is 6.92. The van der Waals surface area contributed by atoms with Crippen LogP contribution in [0.1, 0.15) is 11.6 Å². The van der Waals surface area contributed by atoms with Crippen molar-refractivity contribution >= 4 is 11.3 Å². The molecule has 0 saturated heterocycles. The standard InChI is InChI=1S/C12H11N3O/c13-11-5-1-3-9-8-14-12(15(9)11)7-10-4-2-6-16-10/h1-6,8H,7,13H2. The van der Waals surface area contributed by atoms with E-state index in [0.717, 1.165) is 17.1 Å². The first kappa shape index (κ1) is 9.03. The second-order valence-electron chi connectivity index (χ2n) is 3.64. The van der Waals surface area contributed by atoms with E-state index >= 15 is 0 Å². The lowest BCUT2D eigenvalue weighted by Gasteiger charge is -2.03. The Kier molecular flexibility index (Phi) is 1.93.